The van der Waals surface area contributed by atoms with Crippen LogP contribution in [0.1, 0.15) is 18.4 Å². The van der Waals surface area contributed by atoms with Gasteiger partial charge in [0.2, 0.25) is 26.0 Å². The molecule has 1 atom stereocenters. The Hall–Kier alpha value is -2.28. The minimum absolute atomic E-state index is 0.0475. The van der Waals surface area contributed by atoms with E-state index >= 15 is 0 Å². The van der Waals surface area contributed by atoms with Gasteiger partial charge in [-0.15, -0.1) is 0 Å². The van der Waals surface area contributed by atoms with Crippen LogP contribution in [0.2, 0.25) is 0 Å². The molecule has 1 N–H and O–H groups in total. The average Bonchev–Trinajstić information content (AvgIpc) is 3.06. The van der Waals surface area contributed by atoms with Crippen molar-refractivity contribution in [2.45, 2.75) is 36.6 Å². The number of amides is 1. The van der Waals surface area contributed by atoms with Crippen LogP contribution in [0.5, 0.6) is 0 Å². The van der Waals surface area contributed by atoms with Crippen LogP contribution >= 0.6 is 0 Å². The van der Waals surface area contributed by atoms with Gasteiger partial charge >= 0.3 is 0 Å². The van der Waals surface area contributed by atoms with Crippen LogP contribution in [0.25, 0.3) is 0 Å². The first-order valence-electron chi connectivity index (χ1n) is 9.33. The highest BCUT2D eigenvalue weighted by Crippen LogP contribution is 2.24. The molecule has 1 aliphatic rings. The number of carbonyl (C=O) groups excluding carboxylic acids is 1. The van der Waals surface area contributed by atoms with Gasteiger partial charge in [-0.3, -0.25) is 4.79 Å². The van der Waals surface area contributed by atoms with Crippen molar-refractivity contribution >= 4 is 26.0 Å². The number of benzene rings is 1. The molecule has 1 aliphatic heterocycles. The first kappa shape index (κ1) is 22.4. The third-order valence-electron chi connectivity index (χ3n) is 4.87. The summed E-state index contributed by atoms with van der Waals surface area (Å²) in [7, 11) is -7.62. The van der Waals surface area contributed by atoms with Gasteiger partial charge in [0.15, 0.2) is 5.76 Å². The van der Waals surface area contributed by atoms with E-state index < -0.39 is 32.0 Å². The number of piperazine rings is 1. The molecule has 10 nitrogen and oxygen atoms in total. The van der Waals surface area contributed by atoms with E-state index in [9.17, 15) is 21.6 Å². The zero-order chi connectivity index (χ0) is 22.1. The third-order valence-corrected chi connectivity index (χ3v) is 8.57. The van der Waals surface area contributed by atoms with Crippen LogP contribution in [0.4, 0.5) is 0 Å². The standard InChI is InChI=1S/C18H24N4O6S2/c1-13-17(15(3)28-19-13)30(26,27)22-11-9-21(10-12-22)18(23)14(2)20-29(24,25)16-7-5-4-6-8-16/h4-8,14,20H,9-12H2,1-3H3/t14-/m0/s1. The number of hydrogen-bond donors (Lipinski definition) is 1. The van der Waals surface area contributed by atoms with Crippen molar-refractivity contribution in [2.75, 3.05) is 26.2 Å². The highest BCUT2D eigenvalue weighted by atomic mass is 32.2. The lowest BCUT2D eigenvalue weighted by Gasteiger charge is -2.35. The Kier molecular flexibility index (Phi) is 6.32. The molecule has 30 heavy (non-hydrogen) atoms. The van der Waals surface area contributed by atoms with E-state index in [1.54, 1.807) is 25.1 Å². The summed E-state index contributed by atoms with van der Waals surface area (Å²) in [5.41, 5.74) is 0.287. The van der Waals surface area contributed by atoms with E-state index in [0.29, 0.717) is 0 Å². The van der Waals surface area contributed by atoms with Crippen molar-refractivity contribution in [3.05, 3.63) is 41.8 Å². The predicted octanol–water partition coefficient (Wildman–Crippen LogP) is 0.491. The summed E-state index contributed by atoms with van der Waals surface area (Å²) in [6.07, 6.45) is 0. The second-order valence-corrected chi connectivity index (χ2v) is 10.6. The topological polar surface area (TPSA) is 130 Å². The number of sulfonamides is 2. The van der Waals surface area contributed by atoms with Crippen molar-refractivity contribution in [2.24, 2.45) is 0 Å². The van der Waals surface area contributed by atoms with Crippen LogP contribution in [0.3, 0.4) is 0 Å². The lowest BCUT2D eigenvalue weighted by molar-refractivity contribution is -0.133. The van der Waals surface area contributed by atoms with Crippen molar-refractivity contribution in [1.82, 2.24) is 19.1 Å². The Balaban J connectivity index is 1.64. The van der Waals surface area contributed by atoms with Crippen molar-refractivity contribution < 1.29 is 26.2 Å². The first-order chi connectivity index (χ1) is 14.0. The van der Waals surface area contributed by atoms with E-state index in [1.807, 2.05) is 0 Å². The minimum atomic E-state index is -3.84. The summed E-state index contributed by atoms with van der Waals surface area (Å²) in [6.45, 7) is 5.05. The molecule has 2 aromatic rings. The molecule has 0 saturated carbocycles. The van der Waals surface area contributed by atoms with Gasteiger partial charge in [0.05, 0.1) is 10.9 Å². The molecule has 0 radical (unpaired) electrons. The molecule has 0 spiro atoms. The highest BCUT2D eigenvalue weighted by Gasteiger charge is 2.35. The number of nitrogens with zero attached hydrogens (tertiary/aromatic N) is 3. The molecular formula is C18H24N4O6S2. The minimum Gasteiger partial charge on any atom is -0.360 e. The summed E-state index contributed by atoms with van der Waals surface area (Å²) in [5, 5.41) is 3.69. The lowest BCUT2D eigenvalue weighted by atomic mass is 10.2. The number of rotatable bonds is 6. The maximum atomic E-state index is 12.9. The number of aromatic nitrogens is 1. The second-order valence-electron chi connectivity index (χ2n) is 7.04. The maximum absolute atomic E-state index is 12.9. The summed E-state index contributed by atoms with van der Waals surface area (Å²) in [4.78, 5) is 14.3. The number of nitrogens with one attached hydrogen (secondary N) is 1. The molecule has 0 bridgehead atoms. The molecule has 1 amide bonds. The Morgan fingerprint density at radius 3 is 2.20 bits per heavy atom. The van der Waals surface area contributed by atoms with Gasteiger partial charge in [0.1, 0.15) is 10.6 Å². The fourth-order valence-electron chi connectivity index (χ4n) is 3.35. The Labute approximate surface area is 175 Å². The maximum Gasteiger partial charge on any atom is 0.248 e. The monoisotopic (exact) mass is 456 g/mol. The first-order valence-corrected chi connectivity index (χ1v) is 12.3. The number of aryl methyl sites for hydroxylation is 2. The van der Waals surface area contributed by atoms with Crippen LogP contribution in [0.15, 0.2) is 44.6 Å². The van der Waals surface area contributed by atoms with E-state index in [2.05, 4.69) is 9.88 Å². The smallest absolute Gasteiger partial charge is 0.248 e. The summed E-state index contributed by atoms with van der Waals surface area (Å²) >= 11 is 0. The number of hydrogen-bond acceptors (Lipinski definition) is 7. The molecule has 0 aliphatic carbocycles. The van der Waals surface area contributed by atoms with Gasteiger partial charge < -0.3 is 9.42 Å². The Bertz CT molecular complexity index is 1100. The van der Waals surface area contributed by atoms with E-state index in [0.717, 1.165) is 0 Å². The van der Waals surface area contributed by atoms with Gasteiger partial charge in [-0.1, -0.05) is 23.4 Å². The summed E-state index contributed by atoms with van der Waals surface area (Å²) in [5.74, 6) is -0.196. The summed E-state index contributed by atoms with van der Waals surface area (Å²) < 4.78 is 59.2. The van der Waals surface area contributed by atoms with Crippen LogP contribution in [-0.4, -0.2) is 69.3 Å². The predicted molar refractivity (Wildman–Crippen MR) is 108 cm³/mol. The van der Waals surface area contributed by atoms with Gasteiger partial charge in [-0.05, 0) is 32.9 Å². The molecule has 3 rings (SSSR count). The van der Waals surface area contributed by atoms with Crippen molar-refractivity contribution in [3.8, 4) is 0 Å². The molecular weight excluding hydrogens is 432 g/mol. The molecule has 164 valence electrons. The average molecular weight is 457 g/mol. The summed E-state index contributed by atoms with van der Waals surface area (Å²) in [6, 6.07) is 6.79. The fourth-order valence-corrected chi connectivity index (χ4v) is 6.28. The zero-order valence-electron chi connectivity index (χ0n) is 16.9. The van der Waals surface area contributed by atoms with E-state index in [-0.39, 0.29) is 47.4 Å². The molecule has 1 fully saturated rings. The zero-order valence-corrected chi connectivity index (χ0v) is 18.5. The van der Waals surface area contributed by atoms with Gasteiger partial charge in [-0.25, -0.2) is 16.8 Å². The fraction of sp³-hybridized carbons (Fsp3) is 0.444. The SMILES string of the molecule is Cc1noc(C)c1S(=O)(=O)N1CCN(C(=O)[C@H](C)NS(=O)(=O)c2ccccc2)CC1. The van der Waals surface area contributed by atoms with Crippen molar-refractivity contribution in [3.63, 3.8) is 0 Å². The molecule has 0 unspecified atom stereocenters. The number of carbonyl (C=O) groups is 1. The van der Waals surface area contributed by atoms with Gasteiger partial charge in [0.25, 0.3) is 0 Å². The third kappa shape index (κ3) is 4.41. The highest BCUT2D eigenvalue weighted by molar-refractivity contribution is 7.89. The molecule has 12 heteroatoms. The van der Waals surface area contributed by atoms with Gasteiger partial charge in [-0.2, -0.15) is 9.03 Å². The lowest BCUT2D eigenvalue weighted by Crippen LogP contribution is -2.55. The van der Waals surface area contributed by atoms with E-state index in [4.69, 9.17) is 4.52 Å². The van der Waals surface area contributed by atoms with Crippen LogP contribution < -0.4 is 4.72 Å². The van der Waals surface area contributed by atoms with Gasteiger partial charge in [0, 0.05) is 26.2 Å². The quantitative estimate of drug-likeness (QED) is 0.669. The molecule has 1 aromatic heterocycles. The molecule has 2 heterocycles. The van der Waals surface area contributed by atoms with E-state index in [1.165, 1.54) is 35.2 Å². The Morgan fingerprint density at radius 1 is 1.07 bits per heavy atom. The van der Waals surface area contributed by atoms with Crippen LogP contribution in [-0.2, 0) is 24.8 Å². The van der Waals surface area contributed by atoms with Crippen LogP contribution in [0, 0.1) is 13.8 Å². The Morgan fingerprint density at radius 2 is 1.67 bits per heavy atom. The van der Waals surface area contributed by atoms with Crippen molar-refractivity contribution in [1.29, 1.82) is 0 Å². The molecule has 1 aromatic carbocycles. The molecule has 1 saturated heterocycles. The second kappa shape index (κ2) is 8.46. The largest absolute Gasteiger partial charge is 0.360 e. The normalized spacial score (nSPS) is 17.1.